The molecular weight excluding hydrogens is 283 g/mol. The van der Waals surface area contributed by atoms with Gasteiger partial charge in [-0.2, -0.15) is 0 Å². The molecule has 0 amide bonds. The SMILES string of the molecule is Cc1cccc(OP(=O)(Oc2cccc(C)c2)C(C)C)c1. The summed E-state index contributed by atoms with van der Waals surface area (Å²) in [5, 5.41) is 0. The predicted molar refractivity (Wildman–Crippen MR) is 86.4 cm³/mol. The molecule has 0 saturated heterocycles. The van der Waals surface area contributed by atoms with Crippen LogP contribution in [0.2, 0.25) is 0 Å². The van der Waals surface area contributed by atoms with Crippen LogP contribution in [0, 0.1) is 13.8 Å². The van der Waals surface area contributed by atoms with Gasteiger partial charge in [0.1, 0.15) is 11.5 Å². The van der Waals surface area contributed by atoms with Crippen molar-refractivity contribution in [1.82, 2.24) is 0 Å². The standard InChI is InChI=1S/C17H21O3P/c1-13(2)21(18,19-16-9-5-7-14(3)11-16)20-17-10-6-8-15(4)12-17/h5-13H,1-4H3. The van der Waals surface area contributed by atoms with Crippen molar-refractivity contribution in [3.63, 3.8) is 0 Å². The summed E-state index contributed by atoms with van der Waals surface area (Å²) in [7, 11) is -3.27. The summed E-state index contributed by atoms with van der Waals surface area (Å²) in [6, 6.07) is 15.0. The summed E-state index contributed by atoms with van der Waals surface area (Å²) in [6.45, 7) is 7.61. The van der Waals surface area contributed by atoms with E-state index >= 15 is 0 Å². The van der Waals surface area contributed by atoms with E-state index in [9.17, 15) is 4.57 Å². The van der Waals surface area contributed by atoms with E-state index in [-0.39, 0.29) is 5.66 Å². The predicted octanol–water partition coefficient (Wildman–Crippen LogP) is 5.36. The highest BCUT2D eigenvalue weighted by atomic mass is 31.2. The first-order valence-electron chi connectivity index (χ1n) is 7.01. The summed E-state index contributed by atoms with van der Waals surface area (Å²) in [5.74, 6) is 1.14. The van der Waals surface area contributed by atoms with Crippen molar-refractivity contribution in [1.29, 1.82) is 0 Å². The molecule has 0 aliphatic carbocycles. The van der Waals surface area contributed by atoms with Crippen LogP contribution in [0.25, 0.3) is 0 Å². The fourth-order valence-electron chi connectivity index (χ4n) is 1.87. The smallest absolute Gasteiger partial charge is 0.416 e. The molecule has 2 aromatic rings. The molecule has 0 bridgehead atoms. The van der Waals surface area contributed by atoms with Crippen LogP contribution in [0.5, 0.6) is 11.5 Å². The minimum Gasteiger partial charge on any atom is -0.416 e. The van der Waals surface area contributed by atoms with Crippen LogP contribution in [-0.2, 0) is 4.57 Å². The second-order valence-electron chi connectivity index (χ2n) is 5.45. The first-order valence-corrected chi connectivity index (χ1v) is 8.62. The monoisotopic (exact) mass is 304 g/mol. The summed E-state index contributed by atoms with van der Waals surface area (Å²) >= 11 is 0. The van der Waals surface area contributed by atoms with E-state index in [2.05, 4.69) is 0 Å². The Morgan fingerprint density at radius 2 is 1.29 bits per heavy atom. The highest BCUT2D eigenvalue weighted by Gasteiger charge is 2.32. The van der Waals surface area contributed by atoms with Gasteiger partial charge in [0.2, 0.25) is 0 Å². The van der Waals surface area contributed by atoms with Crippen molar-refractivity contribution < 1.29 is 13.6 Å². The molecule has 21 heavy (non-hydrogen) atoms. The highest BCUT2D eigenvalue weighted by molar-refractivity contribution is 7.55. The van der Waals surface area contributed by atoms with Gasteiger partial charge >= 0.3 is 7.60 Å². The fourth-order valence-corrected chi connectivity index (χ4v) is 3.14. The lowest BCUT2D eigenvalue weighted by molar-refractivity contribution is 0.376. The number of hydrogen-bond acceptors (Lipinski definition) is 3. The molecular formula is C17H21O3P. The Balaban J connectivity index is 2.26. The van der Waals surface area contributed by atoms with Crippen LogP contribution < -0.4 is 9.05 Å². The molecule has 0 N–H and O–H groups in total. The maximum atomic E-state index is 13.0. The molecule has 0 atom stereocenters. The van der Waals surface area contributed by atoms with Crippen molar-refractivity contribution in [2.24, 2.45) is 0 Å². The lowest BCUT2D eigenvalue weighted by Gasteiger charge is -2.23. The zero-order valence-electron chi connectivity index (χ0n) is 12.9. The van der Waals surface area contributed by atoms with Gasteiger partial charge in [-0.1, -0.05) is 24.3 Å². The molecule has 2 aromatic carbocycles. The molecule has 4 heteroatoms. The molecule has 0 saturated carbocycles. The average Bonchev–Trinajstić information content (AvgIpc) is 2.38. The van der Waals surface area contributed by atoms with Gasteiger partial charge in [-0.15, -0.1) is 0 Å². The highest BCUT2D eigenvalue weighted by Crippen LogP contribution is 2.52. The maximum Gasteiger partial charge on any atom is 0.433 e. The zero-order valence-corrected chi connectivity index (χ0v) is 13.8. The van der Waals surface area contributed by atoms with E-state index in [4.69, 9.17) is 9.05 Å². The van der Waals surface area contributed by atoms with Crippen LogP contribution in [-0.4, -0.2) is 5.66 Å². The normalized spacial score (nSPS) is 11.5. The third-order valence-corrected chi connectivity index (χ3v) is 5.27. The van der Waals surface area contributed by atoms with E-state index < -0.39 is 7.60 Å². The van der Waals surface area contributed by atoms with E-state index in [0.717, 1.165) is 11.1 Å². The first kappa shape index (κ1) is 15.7. The van der Waals surface area contributed by atoms with Crippen molar-refractivity contribution in [2.45, 2.75) is 33.4 Å². The van der Waals surface area contributed by atoms with Gasteiger partial charge in [-0.3, -0.25) is 0 Å². The number of rotatable bonds is 5. The maximum absolute atomic E-state index is 13.0. The third kappa shape index (κ3) is 4.12. The topological polar surface area (TPSA) is 35.5 Å². The van der Waals surface area contributed by atoms with Crippen molar-refractivity contribution in [3.05, 3.63) is 59.7 Å². The number of hydrogen-bond donors (Lipinski definition) is 0. The van der Waals surface area contributed by atoms with E-state index in [1.165, 1.54) is 0 Å². The molecule has 0 heterocycles. The molecule has 0 fully saturated rings. The van der Waals surface area contributed by atoms with Gasteiger partial charge in [-0.25, -0.2) is 4.57 Å². The quantitative estimate of drug-likeness (QED) is 0.697. The number of benzene rings is 2. The Labute approximate surface area is 126 Å². The Bertz CT molecular complexity index is 613. The van der Waals surface area contributed by atoms with Crippen LogP contribution in [0.4, 0.5) is 0 Å². The third-order valence-electron chi connectivity index (χ3n) is 3.08. The molecule has 0 spiro atoms. The Morgan fingerprint density at radius 1 is 0.857 bits per heavy atom. The van der Waals surface area contributed by atoms with E-state index in [0.29, 0.717) is 11.5 Å². The molecule has 0 unspecified atom stereocenters. The molecule has 112 valence electrons. The second-order valence-corrected chi connectivity index (χ2v) is 7.93. The lowest BCUT2D eigenvalue weighted by atomic mass is 10.2. The molecule has 0 aliphatic heterocycles. The van der Waals surface area contributed by atoms with Gasteiger partial charge in [0.25, 0.3) is 0 Å². The molecule has 0 radical (unpaired) electrons. The Morgan fingerprint density at radius 3 is 1.62 bits per heavy atom. The van der Waals surface area contributed by atoms with Crippen molar-refractivity contribution in [3.8, 4) is 11.5 Å². The molecule has 2 rings (SSSR count). The summed E-state index contributed by atoms with van der Waals surface area (Å²) < 4.78 is 24.5. The second kappa shape index (κ2) is 6.36. The largest absolute Gasteiger partial charge is 0.433 e. The average molecular weight is 304 g/mol. The first-order chi connectivity index (χ1) is 9.89. The van der Waals surface area contributed by atoms with Crippen LogP contribution >= 0.6 is 7.60 Å². The lowest BCUT2D eigenvalue weighted by Crippen LogP contribution is -2.10. The van der Waals surface area contributed by atoms with Gasteiger partial charge in [0.15, 0.2) is 0 Å². The molecule has 0 aliphatic rings. The minimum absolute atomic E-state index is 0.237. The van der Waals surface area contributed by atoms with E-state index in [1.54, 1.807) is 12.1 Å². The van der Waals surface area contributed by atoms with Crippen molar-refractivity contribution >= 4 is 7.60 Å². The summed E-state index contributed by atoms with van der Waals surface area (Å²) in [6.07, 6.45) is 0. The van der Waals surface area contributed by atoms with Gasteiger partial charge in [0, 0.05) is 0 Å². The van der Waals surface area contributed by atoms with Crippen molar-refractivity contribution in [2.75, 3.05) is 0 Å². The van der Waals surface area contributed by atoms with Gasteiger partial charge < -0.3 is 9.05 Å². The van der Waals surface area contributed by atoms with E-state index in [1.807, 2.05) is 64.1 Å². The molecule has 3 nitrogen and oxygen atoms in total. The van der Waals surface area contributed by atoms with Gasteiger partial charge in [-0.05, 0) is 63.1 Å². The van der Waals surface area contributed by atoms with Crippen LogP contribution in [0.3, 0.4) is 0 Å². The van der Waals surface area contributed by atoms with Gasteiger partial charge in [0.05, 0.1) is 5.66 Å². The minimum atomic E-state index is -3.27. The van der Waals surface area contributed by atoms with Crippen LogP contribution in [0.15, 0.2) is 48.5 Å². The number of aryl methyl sites for hydroxylation is 2. The summed E-state index contributed by atoms with van der Waals surface area (Å²) in [4.78, 5) is 0. The van der Waals surface area contributed by atoms with Crippen LogP contribution in [0.1, 0.15) is 25.0 Å². The zero-order chi connectivity index (χ0) is 15.5. The Hall–Kier alpha value is -1.73. The summed E-state index contributed by atoms with van der Waals surface area (Å²) in [5.41, 5.74) is 1.87. The fraction of sp³-hybridized carbons (Fsp3) is 0.294. The molecule has 0 aromatic heterocycles. The Kier molecular flexibility index (Phi) is 4.74.